The molecule has 0 radical (unpaired) electrons. The third-order valence-corrected chi connectivity index (χ3v) is 5.24. The zero-order valence-corrected chi connectivity index (χ0v) is 20.0. The maximum absolute atomic E-state index is 10.8. The van der Waals surface area contributed by atoms with Crippen LogP contribution in [0, 0.1) is 20.2 Å². The minimum absolute atomic E-state index is 0.0181. The smallest absolute Gasteiger partial charge is 0.269 e. The summed E-state index contributed by atoms with van der Waals surface area (Å²) in [4.78, 5) is 29.6. The monoisotopic (exact) mass is 510 g/mol. The first-order chi connectivity index (χ1) is 18.5. The predicted octanol–water partition coefficient (Wildman–Crippen LogP) is 6.46. The highest BCUT2D eigenvalue weighted by Crippen LogP contribution is 2.28. The maximum Gasteiger partial charge on any atom is 0.269 e. The van der Waals surface area contributed by atoms with Crippen molar-refractivity contribution in [3.05, 3.63) is 128 Å². The molecule has 10 heteroatoms. The lowest BCUT2D eigenvalue weighted by Gasteiger charge is -2.11. The van der Waals surface area contributed by atoms with E-state index in [0.717, 1.165) is 11.1 Å². The fourth-order valence-corrected chi connectivity index (χ4v) is 3.33. The molecule has 0 aliphatic rings. The minimum atomic E-state index is -0.449. The third-order valence-electron chi connectivity index (χ3n) is 5.24. The normalized spacial score (nSPS) is 11.1. The zero-order valence-electron chi connectivity index (χ0n) is 20.0. The van der Waals surface area contributed by atoms with E-state index in [4.69, 9.17) is 9.47 Å². The lowest BCUT2D eigenvalue weighted by molar-refractivity contribution is -0.385. The minimum Gasteiger partial charge on any atom is -0.488 e. The van der Waals surface area contributed by atoms with Crippen molar-refractivity contribution in [2.24, 2.45) is 9.98 Å². The Morgan fingerprint density at radius 3 is 1.32 bits per heavy atom. The molecule has 0 amide bonds. The van der Waals surface area contributed by atoms with Gasteiger partial charge in [-0.15, -0.1) is 0 Å². The summed E-state index contributed by atoms with van der Waals surface area (Å²) in [5.74, 6) is 1.14. The number of non-ortho nitro benzene ring substituents is 2. The molecule has 0 aliphatic heterocycles. The van der Waals surface area contributed by atoms with Gasteiger partial charge in [0.15, 0.2) is 0 Å². The summed E-state index contributed by atoms with van der Waals surface area (Å²) in [6, 6.07) is 26.8. The summed E-state index contributed by atoms with van der Waals surface area (Å²) < 4.78 is 11.8. The summed E-state index contributed by atoms with van der Waals surface area (Å²) in [6.45, 7) is 0.509. The van der Waals surface area contributed by atoms with E-state index in [0.29, 0.717) is 22.9 Å². The largest absolute Gasteiger partial charge is 0.488 e. The number of aliphatic imine (C=N–C) groups is 2. The molecular formula is C28H22N4O6. The third kappa shape index (κ3) is 7.08. The maximum atomic E-state index is 10.8. The average Bonchev–Trinajstić information content (AvgIpc) is 2.94. The molecule has 38 heavy (non-hydrogen) atoms. The van der Waals surface area contributed by atoms with Crippen LogP contribution in [0.25, 0.3) is 0 Å². The molecule has 0 heterocycles. The lowest BCUT2D eigenvalue weighted by Crippen LogP contribution is -2.09. The van der Waals surface area contributed by atoms with Crippen molar-refractivity contribution in [2.75, 3.05) is 13.2 Å². The Balaban J connectivity index is 1.34. The highest BCUT2D eigenvalue weighted by Gasteiger charge is 2.06. The number of nitro benzene ring substituents is 2. The van der Waals surface area contributed by atoms with Crippen LogP contribution in [0.15, 0.2) is 107 Å². The molecule has 0 N–H and O–H groups in total. The first kappa shape index (κ1) is 25.7. The van der Waals surface area contributed by atoms with Gasteiger partial charge in [0.05, 0.1) is 9.85 Å². The van der Waals surface area contributed by atoms with Gasteiger partial charge >= 0.3 is 0 Å². The summed E-state index contributed by atoms with van der Waals surface area (Å²) in [6.07, 6.45) is 3.23. The van der Waals surface area contributed by atoms with Gasteiger partial charge in [0.2, 0.25) is 0 Å². The van der Waals surface area contributed by atoms with Gasteiger partial charge in [0.25, 0.3) is 11.4 Å². The molecule has 4 aromatic carbocycles. The summed E-state index contributed by atoms with van der Waals surface area (Å²) >= 11 is 0. The Bertz CT molecular complexity index is 1350. The van der Waals surface area contributed by atoms with Crippen LogP contribution in [-0.4, -0.2) is 35.5 Å². The number of para-hydroxylation sites is 4. The molecule has 0 aliphatic carbocycles. The quantitative estimate of drug-likeness (QED) is 0.0985. The van der Waals surface area contributed by atoms with Crippen molar-refractivity contribution < 1.29 is 19.3 Å². The van der Waals surface area contributed by atoms with Crippen molar-refractivity contribution in [1.29, 1.82) is 0 Å². The number of benzene rings is 4. The van der Waals surface area contributed by atoms with Crippen LogP contribution in [0.4, 0.5) is 22.7 Å². The van der Waals surface area contributed by atoms with Gasteiger partial charge < -0.3 is 9.47 Å². The molecule has 0 saturated carbocycles. The van der Waals surface area contributed by atoms with E-state index in [9.17, 15) is 20.2 Å². The van der Waals surface area contributed by atoms with Gasteiger partial charge in [-0.1, -0.05) is 24.3 Å². The Morgan fingerprint density at radius 2 is 0.947 bits per heavy atom. The lowest BCUT2D eigenvalue weighted by atomic mass is 10.2. The second-order valence-electron chi connectivity index (χ2n) is 7.85. The molecule has 4 aromatic rings. The topological polar surface area (TPSA) is 129 Å². The fraction of sp³-hybridized carbons (Fsp3) is 0.0714. The van der Waals surface area contributed by atoms with Gasteiger partial charge in [-0.2, -0.15) is 0 Å². The Morgan fingerprint density at radius 1 is 0.579 bits per heavy atom. The van der Waals surface area contributed by atoms with E-state index in [1.54, 1.807) is 61.0 Å². The van der Waals surface area contributed by atoms with Crippen LogP contribution in [0.3, 0.4) is 0 Å². The van der Waals surface area contributed by atoms with Crippen LogP contribution < -0.4 is 9.47 Å². The highest BCUT2D eigenvalue weighted by molar-refractivity contribution is 5.83. The molecule has 0 spiro atoms. The van der Waals surface area contributed by atoms with Gasteiger partial charge in [0, 0.05) is 36.7 Å². The number of ether oxygens (including phenoxy) is 2. The molecule has 0 bridgehead atoms. The van der Waals surface area contributed by atoms with E-state index in [-0.39, 0.29) is 24.6 Å². The molecule has 190 valence electrons. The Labute approximate surface area is 217 Å². The predicted molar refractivity (Wildman–Crippen MR) is 145 cm³/mol. The van der Waals surface area contributed by atoms with Crippen LogP contribution >= 0.6 is 0 Å². The summed E-state index contributed by atoms with van der Waals surface area (Å²) in [5, 5.41) is 21.6. The average molecular weight is 511 g/mol. The fourth-order valence-electron chi connectivity index (χ4n) is 3.33. The Kier molecular flexibility index (Phi) is 8.48. The highest BCUT2D eigenvalue weighted by atomic mass is 16.6. The summed E-state index contributed by atoms with van der Waals surface area (Å²) in [5.41, 5.74) is 2.70. The van der Waals surface area contributed by atoms with Crippen molar-refractivity contribution >= 4 is 35.2 Å². The van der Waals surface area contributed by atoms with E-state index >= 15 is 0 Å². The number of hydrogen-bond acceptors (Lipinski definition) is 8. The van der Waals surface area contributed by atoms with Crippen molar-refractivity contribution in [1.82, 2.24) is 0 Å². The second-order valence-corrected chi connectivity index (χ2v) is 7.85. The first-order valence-corrected chi connectivity index (χ1v) is 11.5. The van der Waals surface area contributed by atoms with E-state index in [1.807, 2.05) is 24.3 Å². The van der Waals surface area contributed by atoms with Crippen molar-refractivity contribution in [2.45, 2.75) is 0 Å². The number of nitrogens with zero attached hydrogens (tertiary/aromatic N) is 4. The number of nitro groups is 2. The second kappa shape index (κ2) is 12.5. The molecule has 0 saturated heterocycles. The first-order valence-electron chi connectivity index (χ1n) is 11.5. The van der Waals surface area contributed by atoms with Gasteiger partial charge in [0.1, 0.15) is 36.1 Å². The van der Waals surface area contributed by atoms with Crippen LogP contribution in [0.2, 0.25) is 0 Å². The van der Waals surface area contributed by atoms with E-state index in [1.165, 1.54) is 24.3 Å². The Hall–Kier alpha value is -5.38. The molecule has 0 aromatic heterocycles. The molecular weight excluding hydrogens is 488 g/mol. The van der Waals surface area contributed by atoms with Crippen LogP contribution in [0.1, 0.15) is 11.1 Å². The molecule has 10 nitrogen and oxygen atoms in total. The van der Waals surface area contributed by atoms with E-state index < -0.39 is 9.85 Å². The molecule has 0 unspecified atom stereocenters. The number of hydrogen-bond donors (Lipinski definition) is 0. The van der Waals surface area contributed by atoms with Gasteiger partial charge in [-0.25, -0.2) is 0 Å². The van der Waals surface area contributed by atoms with E-state index in [2.05, 4.69) is 9.98 Å². The van der Waals surface area contributed by atoms with Crippen LogP contribution in [-0.2, 0) is 0 Å². The SMILES string of the molecule is O=[N+]([O-])c1ccc(C=Nc2ccccc2OCCOc2ccccc2N=Cc2ccc([N+](=O)[O-])cc2)cc1. The van der Waals surface area contributed by atoms with Crippen molar-refractivity contribution in [3.8, 4) is 11.5 Å². The standard InChI is InChI=1S/C28H22N4O6/c33-31(34)23-13-9-21(10-14-23)19-29-25-5-1-3-7-27(25)37-17-18-38-28-8-4-2-6-26(28)30-20-22-11-15-24(16-12-22)32(35)36/h1-16,19-20H,17-18H2. The van der Waals surface area contributed by atoms with Gasteiger partial charge in [-0.05, 0) is 59.7 Å². The molecule has 0 atom stereocenters. The van der Waals surface area contributed by atoms with Crippen LogP contribution in [0.5, 0.6) is 11.5 Å². The number of rotatable bonds is 11. The van der Waals surface area contributed by atoms with Crippen molar-refractivity contribution in [3.63, 3.8) is 0 Å². The summed E-state index contributed by atoms with van der Waals surface area (Å²) in [7, 11) is 0. The van der Waals surface area contributed by atoms with Gasteiger partial charge in [-0.3, -0.25) is 30.2 Å². The molecule has 4 rings (SSSR count). The zero-order chi connectivity index (χ0) is 26.7. The molecule has 0 fully saturated rings.